The van der Waals surface area contributed by atoms with Gasteiger partial charge in [0.2, 0.25) is 0 Å². The fourth-order valence-electron chi connectivity index (χ4n) is 1.77. The Balaban J connectivity index is 2.26. The topological polar surface area (TPSA) is 76.0 Å². The first-order valence-electron chi connectivity index (χ1n) is 6.20. The van der Waals surface area contributed by atoms with Gasteiger partial charge in [-0.05, 0) is 31.7 Å². The first-order valence-corrected chi connectivity index (χ1v) is 7.68. The molecule has 1 aromatic carbocycles. The molecule has 1 aromatic heterocycles. The summed E-state index contributed by atoms with van der Waals surface area (Å²) in [5.41, 5.74) is 1.53. The van der Waals surface area contributed by atoms with E-state index in [1.165, 1.54) is 12.5 Å². The average molecular weight is 294 g/mol. The molecule has 1 heterocycles. The molecule has 0 fully saturated rings. The number of hydrogen-bond acceptors (Lipinski definition) is 4. The smallest absolute Gasteiger partial charge is 0.280 e. The maximum Gasteiger partial charge on any atom is 0.280 e. The van der Waals surface area contributed by atoms with Gasteiger partial charge in [0.1, 0.15) is 0 Å². The van der Waals surface area contributed by atoms with Crippen molar-refractivity contribution < 1.29 is 8.42 Å². The standard InChI is InChI=1S/C13H18N4O2S/c1-10(14-2)11-5-4-6-12(7-11)16-20(18,19)13-8-17(3)9-15-13/h4-10,14,16H,1-3H3. The lowest BCUT2D eigenvalue weighted by molar-refractivity contribution is 0.598. The lowest BCUT2D eigenvalue weighted by Gasteiger charge is -2.12. The van der Waals surface area contributed by atoms with E-state index in [-0.39, 0.29) is 11.1 Å². The van der Waals surface area contributed by atoms with E-state index in [1.54, 1.807) is 17.7 Å². The van der Waals surface area contributed by atoms with E-state index in [4.69, 9.17) is 0 Å². The summed E-state index contributed by atoms with van der Waals surface area (Å²) < 4.78 is 28.5. The van der Waals surface area contributed by atoms with Crippen molar-refractivity contribution in [2.45, 2.75) is 18.0 Å². The zero-order valence-corrected chi connectivity index (χ0v) is 12.5. The van der Waals surface area contributed by atoms with Gasteiger partial charge in [-0.1, -0.05) is 12.1 Å². The van der Waals surface area contributed by atoms with Gasteiger partial charge in [-0.3, -0.25) is 4.72 Å². The van der Waals surface area contributed by atoms with Crippen molar-refractivity contribution in [2.24, 2.45) is 7.05 Å². The second kappa shape index (κ2) is 5.64. The van der Waals surface area contributed by atoms with Gasteiger partial charge in [0.05, 0.1) is 6.33 Å². The van der Waals surface area contributed by atoms with E-state index < -0.39 is 10.0 Å². The highest BCUT2D eigenvalue weighted by atomic mass is 32.2. The van der Waals surface area contributed by atoms with Crippen LogP contribution in [0.15, 0.2) is 41.8 Å². The molecular formula is C13H18N4O2S. The summed E-state index contributed by atoms with van der Waals surface area (Å²) in [4.78, 5) is 3.86. The number of hydrogen-bond donors (Lipinski definition) is 2. The molecule has 6 nitrogen and oxygen atoms in total. The van der Waals surface area contributed by atoms with Crippen LogP contribution in [0.2, 0.25) is 0 Å². The van der Waals surface area contributed by atoms with E-state index in [0.29, 0.717) is 5.69 Å². The predicted molar refractivity (Wildman–Crippen MR) is 77.9 cm³/mol. The van der Waals surface area contributed by atoms with E-state index in [9.17, 15) is 8.42 Å². The Bertz CT molecular complexity index is 694. The third-order valence-electron chi connectivity index (χ3n) is 3.03. The van der Waals surface area contributed by atoms with Crippen LogP contribution in [0.5, 0.6) is 0 Å². The molecule has 108 valence electrons. The van der Waals surface area contributed by atoms with Gasteiger partial charge in [-0.25, -0.2) is 4.98 Å². The Morgan fingerprint density at radius 2 is 2.10 bits per heavy atom. The minimum Gasteiger partial charge on any atom is -0.339 e. The highest BCUT2D eigenvalue weighted by molar-refractivity contribution is 7.92. The van der Waals surface area contributed by atoms with Crippen LogP contribution in [0.3, 0.4) is 0 Å². The SMILES string of the molecule is CNC(C)c1cccc(NS(=O)(=O)c2cn(C)cn2)c1. The molecule has 2 rings (SSSR count). The van der Waals surface area contributed by atoms with Gasteiger partial charge in [-0.15, -0.1) is 0 Å². The Kier molecular flexibility index (Phi) is 4.10. The highest BCUT2D eigenvalue weighted by Gasteiger charge is 2.17. The average Bonchev–Trinajstić information content (AvgIpc) is 2.85. The lowest BCUT2D eigenvalue weighted by atomic mass is 10.1. The van der Waals surface area contributed by atoms with E-state index in [0.717, 1.165) is 5.56 Å². The molecule has 1 unspecified atom stereocenters. The quantitative estimate of drug-likeness (QED) is 0.876. The fraction of sp³-hybridized carbons (Fsp3) is 0.308. The van der Waals surface area contributed by atoms with Crippen molar-refractivity contribution in [1.82, 2.24) is 14.9 Å². The van der Waals surface area contributed by atoms with Gasteiger partial charge in [-0.2, -0.15) is 8.42 Å². The first-order chi connectivity index (χ1) is 9.42. The van der Waals surface area contributed by atoms with E-state index >= 15 is 0 Å². The monoisotopic (exact) mass is 294 g/mol. The van der Waals surface area contributed by atoms with Crippen LogP contribution < -0.4 is 10.0 Å². The number of rotatable bonds is 5. The number of sulfonamides is 1. The van der Waals surface area contributed by atoms with Crippen molar-refractivity contribution in [1.29, 1.82) is 0 Å². The molecule has 0 saturated carbocycles. The molecule has 0 aliphatic heterocycles. The third-order valence-corrected chi connectivity index (χ3v) is 4.29. The molecule has 0 spiro atoms. The second-order valence-corrected chi connectivity index (χ2v) is 6.25. The van der Waals surface area contributed by atoms with Crippen LogP contribution in [-0.2, 0) is 17.1 Å². The Labute approximate surface area is 118 Å². The summed E-state index contributed by atoms with van der Waals surface area (Å²) in [6.45, 7) is 2.01. The molecule has 7 heteroatoms. The molecular weight excluding hydrogens is 276 g/mol. The summed E-state index contributed by atoms with van der Waals surface area (Å²) in [5.74, 6) is 0. The molecule has 2 N–H and O–H groups in total. The molecule has 1 atom stereocenters. The minimum absolute atomic E-state index is 0.00654. The molecule has 2 aromatic rings. The Morgan fingerprint density at radius 1 is 1.35 bits per heavy atom. The van der Waals surface area contributed by atoms with Crippen LogP contribution in [0.25, 0.3) is 0 Å². The maximum atomic E-state index is 12.2. The zero-order valence-electron chi connectivity index (χ0n) is 11.7. The fourth-order valence-corrected chi connectivity index (χ4v) is 2.81. The van der Waals surface area contributed by atoms with Crippen molar-refractivity contribution >= 4 is 15.7 Å². The molecule has 0 aliphatic rings. The van der Waals surface area contributed by atoms with Crippen LogP contribution in [0, 0.1) is 0 Å². The summed E-state index contributed by atoms with van der Waals surface area (Å²) in [7, 11) is -0.0640. The highest BCUT2D eigenvalue weighted by Crippen LogP contribution is 2.19. The van der Waals surface area contributed by atoms with Crippen molar-refractivity contribution in [3.8, 4) is 0 Å². The Hall–Kier alpha value is -1.86. The normalized spacial score (nSPS) is 13.2. The summed E-state index contributed by atoms with van der Waals surface area (Å²) in [5, 5.41) is 3.12. The second-order valence-electron chi connectivity index (χ2n) is 4.62. The largest absolute Gasteiger partial charge is 0.339 e. The zero-order chi connectivity index (χ0) is 14.8. The molecule has 0 saturated heterocycles. The van der Waals surface area contributed by atoms with Gasteiger partial charge >= 0.3 is 0 Å². The van der Waals surface area contributed by atoms with Crippen LogP contribution in [0.1, 0.15) is 18.5 Å². The first kappa shape index (κ1) is 14.5. The summed E-state index contributed by atoms with van der Waals surface area (Å²) in [6, 6.07) is 7.43. The van der Waals surface area contributed by atoms with Gasteiger partial charge in [0.25, 0.3) is 10.0 Å². The van der Waals surface area contributed by atoms with Crippen molar-refractivity contribution in [3.05, 3.63) is 42.4 Å². The third kappa shape index (κ3) is 3.17. The number of imidazole rings is 1. The van der Waals surface area contributed by atoms with E-state index in [2.05, 4.69) is 15.0 Å². The summed E-state index contributed by atoms with van der Waals surface area (Å²) in [6.07, 6.45) is 2.91. The number of aryl methyl sites for hydroxylation is 1. The Morgan fingerprint density at radius 3 is 2.70 bits per heavy atom. The summed E-state index contributed by atoms with van der Waals surface area (Å²) >= 11 is 0. The van der Waals surface area contributed by atoms with Gasteiger partial charge in [0.15, 0.2) is 5.03 Å². The predicted octanol–water partition coefficient (Wildman–Crippen LogP) is 1.50. The van der Waals surface area contributed by atoms with Crippen LogP contribution in [-0.4, -0.2) is 25.0 Å². The number of nitrogens with one attached hydrogen (secondary N) is 2. The molecule has 0 amide bonds. The van der Waals surface area contributed by atoms with Crippen LogP contribution in [0.4, 0.5) is 5.69 Å². The van der Waals surface area contributed by atoms with Crippen molar-refractivity contribution in [2.75, 3.05) is 11.8 Å². The number of aromatic nitrogens is 2. The van der Waals surface area contributed by atoms with E-state index in [1.807, 2.05) is 32.2 Å². The lowest BCUT2D eigenvalue weighted by Crippen LogP contribution is -2.15. The number of nitrogens with zero attached hydrogens (tertiary/aromatic N) is 2. The van der Waals surface area contributed by atoms with Crippen molar-refractivity contribution in [3.63, 3.8) is 0 Å². The minimum atomic E-state index is -3.64. The van der Waals surface area contributed by atoms with Gasteiger partial charge in [0, 0.05) is 25.0 Å². The number of anilines is 1. The molecule has 0 radical (unpaired) electrons. The molecule has 0 bridgehead atoms. The molecule has 20 heavy (non-hydrogen) atoms. The maximum absolute atomic E-state index is 12.2. The van der Waals surface area contributed by atoms with Crippen LogP contribution >= 0.6 is 0 Å². The van der Waals surface area contributed by atoms with Gasteiger partial charge < -0.3 is 9.88 Å². The number of benzene rings is 1. The molecule has 0 aliphatic carbocycles.